The summed E-state index contributed by atoms with van der Waals surface area (Å²) in [5, 5.41) is 18.1. The number of likely N-dealkylation sites (N-methyl/N-ethyl adjacent to an activating group) is 1. The molecular weight excluding hydrogens is 324 g/mol. The fraction of sp³-hybridized carbons (Fsp3) is 0.500. The van der Waals surface area contributed by atoms with E-state index in [4.69, 9.17) is 0 Å². The Hall–Kier alpha value is -2.84. The number of aromatic nitrogens is 4. The third-order valence-electron chi connectivity index (χ3n) is 5.09. The Morgan fingerprint density at radius 1 is 1.32 bits per heavy atom. The van der Waals surface area contributed by atoms with Gasteiger partial charge in [-0.05, 0) is 6.07 Å². The first kappa shape index (κ1) is 15.7. The van der Waals surface area contributed by atoms with Crippen molar-refractivity contribution < 1.29 is 14.7 Å². The topological polar surface area (TPSA) is 96.5 Å². The number of carboxylic acid groups (broad SMARTS) is 1. The van der Waals surface area contributed by atoms with Gasteiger partial charge in [0.2, 0.25) is 0 Å². The predicted octanol–water partition coefficient (Wildman–Crippen LogP) is 0.522. The van der Waals surface area contributed by atoms with Crippen LogP contribution in [-0.4, -0.2) is 66.6 Å². The zero-order valence-electron chi connectivity index (χ0n) is 14.2. The van der Waals surface area contributed by atoms with Crippen molar-refractivity contribution in [3.8, 4) is 0 Å². The SMILES string of the molecule is CN1CC(c2ccnn2C)Cn2nc3c(c2C1=O)CN(C(=O)O)CC3. The number of aryl methyl sites for hydroxylation is 1. The maximum atomic E-state index is 12.9. The van der Waals surface area contributed by atoms with Crippen LogP contribution in [-0.2, 0) is 26.6 Å². The molecule has 0 aliphatic carbocycles. The lowest BCUT2D eigenvalue weighted by Gasteiger charge is -2.24. The molecule has 4 rings (SSSR count). The van der Waals surface area contributed by atoms with Crippen molar-refractivity contribution >= 4 is 12.0 Å². The number of rotatable bonds is 1. The molecule has 0 radical (unpaired) electrons. The van der Waals surface area contributed by atoms with Gasteiger partial charge < -0.3 is 14.9 Å². The zero-order valence-corrected chi connectivity index (χ0v) is 14.2. The van der Waals surface area contributed by atoms with Gasteiger partial charge in [-0.1, -0.05) is 0 Å². The molecule has 0 saturated carbocycles. The maximum Gasteiger partial charge on any atom is 0.407 e. The first-order valence-electron chi connectivity index (χ1n) is 8.25. The summed E-state index contributed by atoms with van der Waals surface area (Å²) in [5.74, 6) is -0.0229. The molecule has 2 aliphatic heterocycles. The van der Waals surface area contributed by atoms with Gasteiger partial charge in [0.1, 0.15) is 5.69 Å². The molecule has 1 N–H and O–H groups in total. The number of hydrogen-bond donors (Lipinski definition) is 1. The third-order valence-corrected chi connectivity index (χ3v) is 5.09. The molecule has 2 aromatic heterocycles. The third kappa shape index (κ3) is 2.46. The second-order valence-corrected chi connectivity index (χ2v) is 6.67. The predicted molar refractivity (Wildman–Crippen MR) is 87.3 cm³/mol. The lowest BCUT2D eigenvalue weighted by Crippen LogP contribution is -2.36. The van der Waals surface area contributed by atoms with E-state index in [1.165, 1.54) is 4.90 Å². The molecule has 132 valence electrons. The zero-order chi connectivity index (χ0) is 17.7. The van der Waals surface area contributed by atoms with E-state index >= 15 is 0 Å². The molecule has 0 saturated heterocycles. The van der Waals surface area contributed by atoms with Gasteiger partial charge in [0, 0.05) is 57.0 Å². The molecule has 0 spiro atoms. The molecule has 2 amide bonds. The minimum absolute atomic E-state index is 0.0830. The number of hydrogen-bond acceptors (Lipinski definition) is 4. The summed E-state index contributed by atoms with van der Waals surface area (Å²) in [5.41, 5.74) is 3.15. The van der Waals surface area contributed by atoms with Gasteiger partial charge in [-0.3, -0.25) is 14.2 Å². The second kappa shape index (κ2) is 5.61. The van der Waals surface area contributed by atoms with Crippen LogP contribution in [0.2, 0.25) is 0 Å². The first-order valence-corrected chi connectivity index (χ1v) is 8.25. The van der Waals surface area contributed by atoms with E-state index in [1.54, 1.807) is 22.8 Å². The van der Waals surface area contributed by atoms with Crippen LogP contribution in [0.1, 0.15) is 33.4 Å². The molecule has 4 heterocycles. The van der Waals surface area contributed by atoms with E-state index in [9.17, 15) is 14.7 Å². The summed E-state index contributed by atoms with van der Waals surface area (Å²) in [6.07, 6.45) is 1.32. The van der Waals surface area contributed by atoms with Crippen LogP contribution < -0.4 is 0 Å². The van der Waals surface area contributed by atoms with Crippen LogP contribution in [0.5, 0.6) is 0 Å². The van der Waals surface area contributed by atoms with E-state index in [0.717, 1.165) is 17.0 Å². The summed E-state index contributed by atoms with van der Waals surface area (Å²) < 4.78 is 3.59. The van der Waals surface area contributed by atoms with Crippen molar-refractivity contribution in [3.05, 3.63) is 34.9 Å². The highest BCUT2D eigenvalue weighted by atomic mass is 16.4. The average Bonchev–Trinajstić information content (AvgIpc) is 3.12. The van der Waals surface area contributed by atoms with Crippen molar-refractivity contribution in [2.24, 2.45) is 7.05 Å². The molecular formula is C16H20N6O3. The quantitative estimate of drug-likeness (QED) is 0.814. The van der Waals surface area contributed by atoms with E-state index in [2.05, 4.69) is 10.2 Å². The summed E-state index contributed by atoms with van der Waals surface area (Å²) >= 11 is 0. The number of amides is 2. The van der Waals surface area contributed by atoms with Crippen LogP contribution in [0.4, 0.5) is 4.79 Å². The summed E-state index contributed by atoms with van der Waals surface area (Å²) in [7, 11) is 3.67. The Kier molecular flexibility index (Phi) is 3.52. The van der Waals surface area contributed by atoms with Crippen molar-refractivity contribution in [2.75, 3.05) is 20.1 Å². The Morgan fingerprint density at radius 3 is 2.80 bits per heavy atom. The van der Waals surface area contributed by atoms with E-state index in [-0.39, 0.29) is 18.4 Å². The molecule has 0 aromatic carbocycles. The van der Waals surface area contributed by atoms with Gasteiger partial charge in [0.05, 0.1) is 18.8 Å². The lowest BCUT2D eigenvalue weighted by molar-refractivity contribution is 0.0786. The van der Waals surface area contributed by atoms with Gasteiger partial charge in [0.15, 0.2) is 0 Å². The molecule has 9 heteroatoms. The Bertz CT molecular complexity index is 854. The monoisotopic (exact) mass is 344 g/mol. The van der Waals surface area contributed by atoms with E-state index in [0.29, 0.717) is 31.7 Å². The fourth-order valence-electron chi connectivity index (χ4n) is 3.79. The van der Waals surface area contributed by atoms with Gasteiger partial charge in [-0.25, -0.2) is 4.79 Å². The molecule has 9 nitrogen and oxygen atoms in total. The van der Waals surface area contributed by atoms with Crippen molar-refractivity contribution in [1.82, 2.24) is 29.4 Å². The van der Waals surface area contributed by atoms with Gasteiger partial charge >= 0.3 is 6.09 Å². The van der Waals surface area contributed by atoms with Crippen LogP contribution in [0.3, 0.4) is 0 Å². The average molecular weight is 344 g/mol. The van der Waals surface area contributed by atoms with Crippen LogP contribution >= 0.6 is 0 Å². The Labute approximate surface area is 144 Å². The standard InChI is InChI=1S/C16H20N6O3/c1-19-7-10(13-3-5-17-20(13)2)8-22-14(15(19)23)11-9-21(16(24)25)6-4-12(11)18-22/h3,5,10H,4,6-9H2,1-2H3,(H,24,25). The van der Waals surface area contributed by atoms with Crippen LogP contribution in [0.25, 0.3) is 0 Å². The maximum absolute atomic E-state index is 12.9. The number of carbonyl (C=O) groups is 2. The molecule has 0 fully saturated rings. The molecule has 0 bridgehead atoms. The molecule has 1 atom stereocenters. The highest BCUT2D eigenvalue weighted by Gasteiger charge is 2.35. The normalized spacial score (nSPS) is 20.2. The summed E-state index contributed by atoms with van der Waals surface area (Å²) in [6.45, 7) is 1.77. The van der Waals surface area contributed by atoms with Crippen LogP contribution in [0, 0.1) is 0 Å². The second-order valence-electron chi connectivity index (χ2n) is 6.67. The Morgan fingerprint density at radius 2 is 2.12 bits per heavy atom. The number of nitrogens with zero attached hydrogens (tertiary/aromatic N) is 6. The Balaban J connectivity index is 1.76. The van der Waals surface area contributed by atoms with Crippen molar-refractivity contribution in [2.45, 2.75) is 25.4 Å². The van der Waals surface area contributed by atoms with E-state index < -0.39 is 6.09 Å². The van der Waals surface area contributed by atoms with Gasteiger partial charge in [-0.15, -0.1) is 0 Å². The van der Waals surface area contributed by atoms with Crippen LogP contribution in [0.15, 0.2) is 12.3 Å². The summed E-state index contributed by atoms with van der Waals surface area (Å²) in [6, 6.07) is 1.96. The molecule has 1 unspecified atom stereocenters. The number of carbonyl (C=O) groups excluding carboxylic acids is 1. The first-order chi connectivity index (χ1) is 12.0. The van der Waals surface area contributed by atoms with Gasteiger partial charge in [0.25, 0.3) is 5.91 Å². The highest BCUT2D eigenvalue weighted by Crippen LogP contribution is 2.29. The molecule has 25 heavy (non-hydrogen) atoms. The number of fused-ring (bicyclic) bond motifs is 3. The minimum Gasteiger partial charge on any atom is -0.465 e. The summed E-state index contributed by atoms with van der Waals surface area (Å²) in [4.78, 5) is 27.3. The largest absolute Gasteiger partial charge is 0.465 e. The van der Waals surface area contributed by atoms with Gasteiger partial charge in [-0.2, -0.15) is 10.2 Å². The molecule has 2 aliphatic rings. The van der Waals surface area contributed by atoms with E-state index in [1.807, 2.05) is 17.8 Å². The van der Waals surface area contributed by atoms with Crippen molar-refractivity contribution in [3.63, 3.8) is 0 Å². The smallest absolute Gasteiger partial charge is 0.407 e. The fourth-order valence-corrected chi connectivity index (χ4v) is 3.79. The molecule has 2 aromatic rings. The van der Waals surface area contributed by atoms with Crippen molar-refractivity contribution in [1.29, 1.82) is 0 Å². The highest BCUT2D eigenvalue weighted by molar-refractivity contribution is 5.94. The lowest BCUT2D eigenvalue weighted by atomic mass is 10.0. The minimum atomic E-state index is -0.965.